The van der Waals surface area contributed by atoms with Crippen LogP contribution < -0.4 is 19.7 Å². The van der Waals surface area contributed by atoms with Gasteiger partial charge in [0.1, 0.15) is 25.3 Å². The monoisotopic (exact) mass is 307 g/mol. The first-order valence-corrected chi connectivity index (χ1v) is 7.78. The Morgan fingerprint density at radius 1 is 1.23 bits per heavy atom. The number of fused-ring (bicyclic) bond motifs is 1. The van der Waals surface area contributed by atoms with Crippen molar-refractivity contribution in [1.82, 2.24) is 0 Å². The minimum atomic E-state index is 0.0261. The molecule has 0 radical (unpaired) electrons. The van der Waals surface area contributed by atoms with Crippen LogP contribution in [0.1, 0.15) is 20.3 Å². The Morgan fingerprint density at radius 2 is 1.95 bits per heavy atom. The minimum absolute atomic E-state index is 0.0261. The van der Waals surface area contributed by atoms with Gasteiger partial charge in [0.05, 0.1) is 13.0 Å². The fraction of sp³-hybridized carbons (Fsp3) is 0.562. The molecule has 1 aromatic carbocycles. The van der Waals surface area contributed by atoms with Gasteiger partial charge in [-0.1, -0.05) is 0 Å². The highest BCUT2D eigenvalue weighted by Crippen LogP contribution is 2.34. The average Bonchev–Trinajstić information content (AvgIpc) is 2.92. The summed E-state index contributed by atoms with van der Waals surface area (Å²) in [5, 5.41) is 2.91. The van der Waals surface area contributed by atoms with Crippen LogP contribution in [0.2, 0.25) is 0 Å². The minimum Gasteiger partial charge on any atom is -0.454 e. The number of nitrogens with one attached hydrogen (secondary N) is 2. The van der Waals surface area contributed by atoms with Gasteiger partial charge < -0.3 is 24.4 Å². The zero-order valence-corrected chi connectivity index (χ0v) is 13.1. The Bertz CT molecular complexity index is 539. The predicted molar refractivity (Wildman–Crippen MR) is 81.4 cm³/mol. The summed E-state index contributed by atoms with van der Waals surface area (Å²) >= 11 is 0. The van der Waals surface area contributed by atoms with Crippen LogP contribution in [0.5, 0.6) is 11.5 Å². The number of hydrogen-bond donors (Lipinski definition) is 2. The maximum absolute atomic E-state index is 12.1. The largest absolute Gasteiger partial charge is 0.454 e. The highest BCUT2D eigenvalue weighted by molar-refractivity contribution is 5.91. The highest BCUT2D eigenvalue weighted by Gasteiger charge is 2.25. The van der Waals surface area contributed by atoms with E-state index in [1.807, 2.05) is 12.1 Å². The Labute approximate surface area is 130 Å². The van der Waals surface area contributed by atoms with Crippen molar-refractivity contribution in [3.63, 3.8) is 0 Å². The van der Waals surface area contributed by atoms with Crippen molar-refractivity contribution in [2.45, 2.75) is 32.5 Å². The van der Waals surface area contributed by atoms with Gasteiger partial charge in [0.2, 0.25) is 12.7 Å². The molecule has 2 N–H and O–H groups in total. The number of anilines is 1. The van der Waals surface area contributed by atoms with Crippen LogP contribution in [0.3, 0.4) is 0 Å². The van der Waals surface area contributed by atoms with E-state index in [4.69, 9.17) is 14.2 Å². The molecule has 0 aromatic heterocycles. The van der Waals surface area contributed by atoms with Crippen molar-refractivity contribution in [2.75, 3.05) is 31.7 Å². The molecule has 2 atom stereocenters. The van der Waals surface area contributed by atoms with E-state index >= 15 is 0 Å². The third kappa shape index (κ3) is 3.69. The average molecular weight is 307 g/mol. The van der Waals surface area contributed by atoms with Crippen molar-refractivity contribution in [1.29, 1.82) is 0 Å². The molecule has 0 bridgehead atoms. The fourth-order valence-electron chi connectivity index (χ4n) is 3.08. The molecule has 1 aromatic rings. The van der Waals surface area contributed by atoms with Gasteiger partial charge >= 0.3 is 0 Å². The molecule has 2 heterocycles. The van der Waals surface area contributed by atoms with E-state index in [-0.39, 0.29) is 24.9 Å². The van der Waals surface area contributed by atoms with Crippen molar-refractivity contribution in [2.24, 2.45) is 0 Å². The number of carbonyl (C=O) groups is 1. The number of ether oxygens (including phenoxy) is 3. The van der Waals surface area contributed by atoms with Crippen LogP contribution in [0.25, 0.3) is 0 Å². The van der Waals surface area contributed by atoms with Crippen molar-refractivity contribution >= 4 is 11.6 Å². The second-order valence-electron chi connectivity index (χ2n) is 6.03. The second-order valence-corrected chi connectivity index (χ2v) is 6.03. The van der Waals surface area contributed by atoms with E-state index in [1.54, 1.807) is 6.07 Å². The normalized spacial score (nSPS) is 26.7. The SMILES string of the molecule is C[C@@H]1C[NH+](CCC(=O)Nc2ccc3c(c2)OCO3)C[C@@H](C)O1. The molecule has 0 unspecified atom stereocenters. The summed E-state index contributed by atoms with van der Waals surface area (Å²) in [4.78, 5) is 13.5. The highest BCUT2D eigenvalue weighted by atomic mass is 16.7. The lowest BCUT2D eigenvalue weighted by Crippen LogP contribution is -3.15. The maximum atomic E-state index is 12.1. The molecule has 6 nitrogen and oxygen atoms in total. The van der Waals surface area contributed by atoms with Crippen LogP contribution in [0.15, 0.2) is 18.2 Å². The lowest BCUT2D eigenvalue weighted by Gasteiger charge is -2.32. The number of morpholine rings is 1. The Hall–Kier alpha value is -1.79. The molecule has 1 amide bonds. The molecular weight excluding hydrogens is 284 g/mol. The van der Waals surface area contributed by atoms with Crippen molar-refractivity contribution in [3.05, 3.63) is 18.2 Å². The number of quaternary nitrogens is 1. The van der Waals surface area contributed by atoms with Crippen LogP contribution in [-0.2, 0) is 9.53 Å². The van der Waals surface area contributed by atoms with E-state index in [1.165, 1.54) is 4.90 Å². The van der Waals surface area contributed by atoms with Gasteiger partial charge in [-0.2, -0.15) is 0 Å². The molecule has 0 saturated carbocycles. The van der Waals surface area contributed by atoms with Crippen molar-refractivity contribution < 1.29 is 23.9 Å². The summed E-state index contributed by atoms with van der Waals surface area (Å²) in [5.41, 5.74) is 0.743. The molecule has 120 valence electrons. The zero-order chi connectivity index (χ0) is 15.5. The maximum Gasteiger partial charge on any atom is 0.231 e. The third-order valence-corrected chi connectivity index (χ3v) is 3.98. The van der Waals surface area contributed by atoms with Crippen LogP contribution in [0.4, 0.5) is 5.69 Å². The summed E-state index contributed by atoms with van der Waals surface area (Å²) in [5.74, 6) is 1.43. The number of amides is 1. The van der Waals surface area contributed by atoms with E-state index in [0.717, 1.165) is 31.1 Å². The van der Waals surface area contributed by atoms with E-state index in [0.29, 0.717) is 12.2 Å². The molecule has 1 fully saturated rings. The first-order valence-electron chi connectivity index (χ1n) is 7.78. The zero-order valence-electron chi connectivity index (χ0n) is 13.1. The quantitative estimate of drug-likeness (QED) is 0.847. The molecule has 0 spiro atoms. The second kappa shape index (κ2) is 6.54. The van der Waals surface area contributed by atoms with E-state index in [9.17, 15) is 4.79 Å². The van der Waals surface area contributed by atoms with Crippen LogP contribution in [0, 0.1) is 0 Å². The van der Waals surface area contributed by atoms with Gasteiger partial charge in [-0.25, -0.2) is 0 Å². The molecule has 1 saturated heterocycles. The van der Waals surface area contributed by atoms with Crippen LogP contribution in [-0.4, -0.2) is 44.5 Å². The number of hydrogen-bond acceptors (Lipinski definition) is 4. The Morgan fingerprint density at radius 3 is 2.73 bits per heavy atom. The summed E-state index contributed by atoms with van der Waals surface area (Å²) in [6.45, 7) is 7.16. The number of carbonyl (C=O) groups excluding carboxylic acids is 1. The molecule has 6 heteroatoms. The van der Waals surface area contributed by atoms with E-state index < -0.39 is 0 Å². The fourth-order valence-corrected chi connectivity index (χ4v) is 3.08. The molecule has 3 rings (SSSR count). The lowest BCUT2D eigenvalue weighted by atomic mass is 10.2. The Balaban J connectivity index is 1.48. The third-order valence-electron chi connectivity index (χ3n) is 3.98. The van der Waals surface area contributed by atoms with Gasteiger partial charge in [-0.15, -0.1) is 0 Å². The molecule has 0 aliphatic carbocycles. The van der Waals surface area contributed by atoms with Gasteiger partial charge in [0.25, 0.3) is 0 Å². The molecule has 2 aliphatic rings. The summed E-state index contributed by atoms with van der Waals surface area (Å²) in [6.07, 6.45) is 1.02. The number of rotatable bonds is 4. The van der Waals surface area contributed by atoms with Gasteiger partial charge in [-0.05, 0) is 26.0 Å². The lowest BCUT2D eigenvalue weighted by molar-refractivity contribution is -0.914. The first kappa shape index (κ1) is 15.1. The topological polar surface area (TPSA) is 61.2 Å². The molecule has 22 heavy (non-hydrogen) atoms. The van der Waals surface area contributed by atoms with Gasteiger partial charge in [0, 0.05) is 11.8 Å². The van der Waals surface area contributed by atoms with Gasteiger partial charge in [0.15, 0.2) is 11.5 Å². The molecular formula is C16H23N2O4+. The van der Waals surface area contributed by atoms with Crippen LogP contribution >= 0.6 is 0 Å². The standard InChI is InChI=1S/C16H22N2O4/c1-11-8-18(9-12(2)22-11)6-5-16(19)17-13-3-4-14-15(7-13)21-10-20-14/h3-4,7,11-12H,5-6,8-10H2,1-2H3,(H,17,19)/p+1/t11-,12-/m1/s1. The first-order chi connectivity index (χ1) is 10.6. The van der Waals surface area contributed by atoms with Gasteiger partial charge in [-0.3, -0.25) is 4.79 Å². The molecule has 2 aliphatic heterocycles. The summed E-state index contributed by atoms with van der Waals surface area (Å²) in [7, 11) is 0. The number of benzene rings is 1. The predicted octanol–water partition coefficient (Wildman–Crippen LogP) is 0.436. The smallest absolute Gasteiger partial charge is 0.231 e. The van der Waals surface area contributed by atoms with E-state index in [2.05, 4.69) is 19.2 Å². The summed E-state index contributed by atoms with van der Waals surface area (Å²) < 4.78 is 16.3. The van der Waals surface area contributed by atoms with Crippen molar-refractivity contribution in [3.8, 4) is 11.5 Å². The summed E-state index contributed by atoms with van der Waals surface area (Å²) in [6, 6.07) is 5.44. The Kier molecular flexibility index (Phi) is 4.49.